The van der Waals surface area contributed by atoms with Crippen LogP contribution >= 0.6 is 0 Å². The van der Waals surface area contributed by atoms with Crippen molar-refractivity contribution in [2.75, 3.05) is 0 Å². The lowest BCUT2D eigenvalue weighted by Crippen LogP contribution is -2.08. The Kier molecular flexibility index (Phi) is 4.01. The van der Waals surface area contributed by atoms with E-state index in [1.54, 1.807) is 6.20 Å². The lowest BCUT2D eigenvalue weighted by atomic mass is 10.1. The van der Waals surface area contributed by atoms with Crippen LogP contribution in [0.3, 0.4) is 0 Å². The molecule has 4 nitrogen and oxygen atoms in total. The van der Waals surface area contributed by atoms with Crippen LogP contribution in [0.1, 0.15) is 11.1 Å². The number of hydrogen-bond donors (Lipinski definition) is 1. The van der Waals surface area contributed by atoms with Gasteiger partial charge in [-0.1, -0.05) is 36.4 Å². The van der Waals surface area contributed by atoms with Gasteiger partial charge in [0.1, 0.15) is 12.4 Å². The van der Waals surface area contributed by atoms with Gasteiger partial charge >= 0.3 is 0 Å². The molecule has 0 saturated heterocycles. The maximum Gasteiger partial charge on any atom is 0.258 e. The summed E-state index contributed by atoms with van der Waals surface area (Å²) < 4.78 is 5.84. The molecule has 0 amide bonds. The molecule has 110 valence electrons. The SMILES string of the molecule is Cc1cc(-c2cnc[nH]c2=O)ccc1OCc1ccccc1. The number of ether oxygens (including phenoxy) is 1. The highest BCUT2D eigenvalue weighted by molar-refractivity contribution is 5.63. The van der Waals surface area contributed by atoms with Gasteiger partial charge in [-0.15, -0.1) is 0 Å². The number of aryl methyl sites for hydroxylation is 1. The van der Waals surface area contributed by atoms with Crippen molar-refractivity contribution in [2.45, 2.75) is 13.5 Å². The van der Waals surface area contributed by atoms with E-state index in [9.17, 15) is 4.79 Å². The molecule has 0 atom stereocenters. The number of benzene rings is 2. The zero-order valence-electron chi connectivity index (χ0n) is 12.2. The zero-order valence-corrected chi connectivity index (χ0v) is 12.2. The summed E-state index contributed by atoms with van der Waals surface area (Å²) in [5.41, 5.74) is 3.35. The molecular weight excluding hydrogens is 276 g/mol. The van der Waals surface area contributed by atoms with Crippen LogP contribution in [0.4, 0.5) is 0 Å². The van der Waals surface area contributed by atoms with Crippen LogP contribution in [0.15, 0.2) is 65.8 Å². The van der Waals surface area contributed by atoms with Gasteiger partial charge in [0.25, 0.3) is 5.56 Å². The summed E-state index contributed by atoms with van der Waals surface area (Å²) in [6, 6.07) is 15.7. The van der Waals surface area contributed by atoms with E-state index in [-0.39, 0.29) is 5.56 Å². The first-order chi connectivity index (χ1) is 10.7. The number of rotatable bonds is 4. The molecule has 4 heteroatoms. The number of nitrogens with zero attached hydrogens (tertiary/aromatic N) is 1. The van der Waals surface area contributed by atoms with E-state index in [0.717, 1.165) is 22.4 Å². The summed E-state index contributed by atoms with van der Waals surface area (Å²) in [7, 11) is 0. The molecular formula is C18H16N2O2. The molecule has 0 aliphatic heterocycles. The van der Waals surface area contributed by atoms with Crippen LogP contribution in [0, 0.1) is 6.92 Å². The number of aromatic nitrogens is 2. The van der Waals surface area contributed by atoms with Crippen molar-refractivity contribution in [2.24, 2.45) is 0 Å². The van der Waals surface area contributed by atoms with E-state index in [1.807, 2.05) is 55.5 Å². The van der Waals surface area contributed by atoms with Crippen LogP contribution < -0.4 is 10.3 Å². The van der Waals surface area contributed by atoms with Crippen LogP contribution in [-0.2, 0) is 6.61 Å². The first-order valence-corrected chi connectivity index (χ1v) is 7.04. The average Bonchev–Trinajstić information content (AvgIpc) is 2.55. The third kappa shape index (κ3) is 3.06. The predicted molar refractivity (Wildman–Crippen MR) is 85.8 cm³/mol. The Labute approximate surface area is 128 Å². The zero-order chi connectivity index (χ0) is 15.4. The van der Waals surface area contributed by atoms with Crippen molar-refractivity contribution >= 4 is 0 Å². The van der Waals surface area contributed by atoms with Crippen molar-refractivity contribution in [1.29, 1.82) is 0 Å². The molecule has 0 spiro atoms. The van der Waals surface area contributed by atoms with Crippen molar-refractivity contribution in [3.63, 3.8) is 0 Å². The highest BCUT2D eigenvalue weighted by atomic mass is 16.5. The van der Waals surface area contributed by atoms with E-state index in [2.05, 4.69) is 9.97 Å². The van der Waals surface area contributed by atoms with Crippen LogP contribution in [-0.4, -0.2) is 9.97 Å². The summed E-state index contributed by atoms with van der Waals surface area (Å²) >= 11 is 0. The van der Waals surface area contributed by atoms with Crippen LogP contribution in [0.2, 0.25) is 0 Å². The standard InChI is InChI=1S/C18H16N2O2/c1-13-9-15(16-10-19-12-20-18(16)21)7-8-17(13)22-11-14-5-3-2-4-6-14/h2-10,12H,11H2,1H3,(H,19,20,21). The predicted octanol–water partition coefficient (Wildman–Crippen LogP) is 3.32. The van der Waals surface area contributed by atoms with Crippen molar-refractivity contribution < 1.29 is 4.74 Å². The van der Waals surface area contributed by atoms with Crippen molar-refractivity contribution in [3.8, 4) is 16.9 Å². The summed E-state index contributed by atoms with van der Waals surface area (Å²) in [6.07, 6.45) is 2.95. The molecule has 22 heavy (non-hydrogen) atoms. The molecule has 0 saturated carbocycles. The smallest absolute Gasteiger partial charge is 0.258 e. The maximum atomic E-state index is 11.8. The van der Waals surface area contributed by atoms with Gasteiger partial charge in [0.2, 0.25) is 0 Å². The topological polar surface area (TPSA) is 55.0 Å². The Morgan fingerprint density at radius 1 is 1.14 bits per heavy atom. The lowest BCUT2D eigenvalue weighted by Gasteiger charge is -2.10. The van der Waals surface area contributed by atoms with Crippen LogP contribution in [0.25, 0.3) is 11.1 Å². The van der Waals surface area contributed by atoms with E-state index >= 15 is 0 Å². The molecule has 3 rings (SSSR count). The van der Waals surface area contributed by atoms with E-state index < -0.39 is 0 Å². The minimum atomic E-state index is -0.146. The minimum Gasteiger partial charge on any atom is -0.489 e. The van der Waals surface area contributed by atoms with Gasteiger partial charge in [-0.3, -0.25) is 4.79 Å². The third-order valence-electron chi connectivity index (χ3n) is 3.44. The molecule has 2 aromatic carbocycles. The highest BCUT2D eigenvalue weighted by Gasteiger charge is 2.06. The minimum absolute atomic E-state index is 0.146. The fourth-order valence-corrected chi connectivity index (χ4v) is 2.26. The second-order valence-corrected chi connectivity index (χ2v) is 5.05. The largest absolute Gasteiger partial charge is 0.489 e. The fourth-order valence-electron chi connectivity index (χ4n) is 2.26. The molecule has 1 N–H and O–H groups in total. The molecule has 0 fully saturated rings. The summed E-state index contributed by atoms with van der Waals surface area (Å²) in [5, 5.41) is 0. The summed E-state index contributed by atoms with van der Waals surface area (Å²) in [5.74, 6) is 0.813. The second-order valence-electron chi connectivity index (χ2n) is 5.05. The first-order valence-electron chi connectivity index (χ1n) is 7.04. The van der Waals surface area contributed by atoms with Gasteiger partial charge in [-0.25, -0.2) is 4.98 Å². The lowest BCUT2D eigenvalue weighted by molar-refractivity contribution is 0.304. The molecule has 1 aromatic heterocycles. The fraction of sp³-hybridized carbons (Fsp3) is 0.111. The number of nitrogens with one attached hydrogen (secondary N) is 1. The van der Waals surface area contributed by atoms with Gasteiger partial charge in [0.05, 0.1) is 11.9 Å². The molecule has 0 bridgehead atoms. The molecule has 0 radical (unpaired) electrons. The summed E-state index contributed by atoms with van der Waals surface area (Å²) in [4.78, 5) is 18.3. The third-order valence-corrected chi connectivity index (χ3v) is 3.44. The Bertz CT molecular complexity index is 826. The first kappa shape index (κ1) is 14.1. The Morgan fingerprint density at radius 3 is 2.68 bits per heavy atom. The molecule has 1 heterocycles. The van der Waals surface area contributed by atoms with Gasteiger partial charge in [-0.2, -0.15) is 0 Å². The van der Waals surface area contributed by atoms with Crippen molar-refractivity contribution in [1.82, 2.24) is 9.97 Å². The maximum absolute atomic E-state index is 11.8. The normalized spacial score (nSPS) is 10.4. The van der Waals surface area contributed by atoms with Gasteiger partial charge < -0.3 is 9.72 Å². The van der Waals surface area contributed by atoms with Crippen molar-refractivity contribution in [3.05, 3.63) is 82.5 Å². The van der Waals surface area contributed by atoms with Gasteiger partial charge in [0.15, 0.2) is 0 Å². The molecule has 0 aliphatic rings. The second kappa shape index (κ2) is 6.26. The molecule has 3 aromatic rings. The number of hydrogen-bond acceptors (Lipinski definition) is 3. The molecule has 0 unspecified atom stereocenters. The van der Waals surface area contributed by atoms with Gasteiger partial charge in [-0.05, 0) is 35.7 Å². The highest BCUT2D eigenvalue weighted by Crippen LogP contribution is 2.24. The molecule has 0 aliphatic carbocycles. The number of aromatic amines is 1. The van der Waals surface area contributed by atoms with Gasteiger partial charge in [0, 0.05) is 6.20 Å². The average molecular weight is 292 g/mol. The number of H-pyrrole nitrogens is 1. The Hall–Kier alpha value is -2.88. The van der Waals surface area contributed by atoms with E-state index in [4.69, 9.17) is 4.74 Å². The quantitative estimate of drug-likeness (QED) is 0.802. The van der Waals surface area contributed by atoms with E-state index in [1.165, 1.54) is 6.33 Å². The monoisotopic (exact) mass is 292 g/mol. The summed E-state index contributed by atoms with van der Waals surface area (Å²) in [6.45, 7) is 2.49. The Morgan fingerprint density at radius 2 is 1.95 bits per heavy atom. The Balaban J connectivity index is 1.81. The van der Waals surface area contributed by atoms with Crippen LogP contribution in [0.5, 0.6) is 5.75 Å². The van der Waals surface area contributed by atoms with E-state index in [0.29, 0.717) is 12.2 Å².